The molecule has 1 saturated heterocycles. The summed E-state index contributed by atoms with van der Waals surface area (Å²) in [5.74, 6) is 0. The first-order chi connectivity index (χ1) is 8.99. The third-order valence-electron chi connectivity index (χ3n) is 3.13. The lowest BCUT2D eigenvalue weighted by atomic mass is 10.3. The van der Waals surface area contributed by atoms with Crippen molar-refractivity contribution in [2.24, 2.45) is 5.73 Å². The van der Waals surface area contributed by atoms with Crippen molar-refractivity contribution in [2.75, 3.05) is 39.0 Å². The van der Waals surface area contributed by atoms with Gasteiger partial charge in [-0.15, -0.1) is 5.10 Å². The van der Waals surface area contributed by atoms with Crippen molar-refractivity contribution in [1.29, 1.82) is 0 Å². The Morgan fingerprint density at radius 1 is 1.32 bits per heavy atom. The Hall–Kier alpha value is -1.03. The molecule has 108 valence electrons. The average molecular weight is 288 g/mol. The maximum Gasteiger partial charge on any atom is 0.211 e. The van der Waals surface area contributed by atoms with Crippen LogP contribution in [0.4, 0.5) is 0 Å². The Labute approximate surface area is 113 Å². The molecule has 0 aromatic carbocycles. The lowest BCUT2D eigenvalue weighted by Crippen LogP contribution is -2.47. The second-order valence-electron chi connectivity index (χ2n) is 4.70. The highest BCUT2D eigenvalue weighted by Crippen LogP contribution is 2.08. The standard InChI is InChI=1S/C10H20N6O2S/c1-19(17,18)16-6-4-14(5-7-16)8-10-9-15(3-2-11)13-12-10/h9H,2-8,11H2,1H3. The molecule has 9 heteroatoms. The summed E-state index contributed by atoms with van der Waals surface area (Å²) in [7, 11) is -3.06. The minimum absolute atomic E-state index is 0.537. The summed E-state index contributed by atoms with van der Waals surface area (Å²) < 4.78 is 26.0. The number of nitrogens with two attached hydrogens (primary N) is 1. The number of nitrogens with zero attached hydrogens (tertiary/aromatic N) is 5. The topological polar surface area (TPSA) is 97.4 Å². The Morgan fingerprint density at radius 2 is 2.00 bits per heavy atom. The quantitative estimate of drug-likeness (QED) is 0.694. The maximum absolute atomic E-state index is 11.4. The first kappa shape index (κ1) is 14.4. The summed E-state index contributed by atoms with van der Waals surface area (Å²) in [6, 6.07) is 0. The van der Waals surface area contributed by atoms with E-state index in [0.717, 1.165) is 18.8 Å². The third-order valence-corrected chi connectivity index (χ3v) is 4.43. The van der Waals surface area contributed by atoms with Crippen LogP contribution in [0.1, 0.15) is 5.69 Å². The van der Waals surface area contributed by atoms with Crippen LogP contribution in [0.2, 0.25) is 0 Å². The molecule has 19 heavy (non-hydrogen) atoms. The van der Waals surface area contributed by atoms with E-state index < -0.39 is 10.0 Å². The third kappa shape index (κ3) is 3.96. The van der Waals surface area contributed by atoms with Gasteiger partial charge in [-0.05, 0) is 0 Å². The van der Waals surface area contributed by atoms with Crippen molar-refractivity contribution in [3.63, 3.8) is 0 Å². The molecule has 0 aliphatic carbocycles. The summed E-state index contributed by atoms with van der Waals surface area (Å²) in [5, 5.41) is 8.06. The van der Waals surface area contributed by atoms with E-state index in [9.17, 15) is 8.42 Å². The molecule has 0 atom stereocenters. The molecule has 0 radical (unpaired) electrons. The van der Waals surface area contributed by atoms with E-state index in [2.05, 4.69) is 15.2 Å². The minimum Gasteiger partial charge on any atom is -0.329 e. The predicted octanol–water partition coefficient (Wildman–Crippen LogP) is -1.69. The van der Waals surface area contributed by atoms with Crippen molar-refractivity contribution in [2.45, 2.75) is 13.1 Å². The molecule has 2 N–H and O–H groups in total. The number of aromatic nitrogens is 3. The van der Waals surface area contributed by atoms with Crippen LogP contribution in [0.15, 0.2) is 6.20 Å². The molecule has 8 nitrogen and oxygen atoms in total. The highest BCUT2D eigenvalue weighted by atomic mass is 32.2. The van der Waals surface area contributed by atoms with Crippen molar-refractivity contribution >= 4 is 10.0 Å². The van der Waals surface area contributed by atoms with Gasteiger partial charge < -0.3 is 5.73 Å². The molecular weight excluding hydrogens is 268 g/mol. The average Bonchev–Trinajstić information content (AvgIpc) is 2.77. The normalized spacial score (nSPS) is 18.8. The molecule has 1 aromatic heterocycles. The van der Waals surface area contributed by atoms with Gasteiger partial charge in [0.05, 0.1) is 18.5 Å². The van der Waals surface area contributed by atoms with Crippen molar-refractivity contribution in [3.05, 3.63) is 11.9 Å². The van der Waals surface area contributed by atoms with Crippen LogP contribution >= 0.6 is 0 Å². The SMILES string of the molecule is CS(=O)(=O)N1CCN(Cc2cn(CCN)nn2)CC1. The Bertz CT molecular complexity index is 506. The number of hydrogen-bond donors (Lipinski definition) is 1. The van der Waals surface area contributed by atoms with Crippen LogP contribution in [0.5, 0.6) is 0 Å². The summed E-state index contributed by atoms with van der Waals surface area (Å²) in [6.45, 7) is 4.41. The summed E-state index contributed by atoms with van der Waals surface area (Å²) in [6.07, 6.45) is 3.14. The fourth-order valence-corrected chi connectivity index (χ4v) is 2.93. The molecule has 1 aliphatic rings. The van der Waals surface area contributed by atoms with Gasteiger partial charge in [-0.1, -0.05) is 5.21 Å². The molecule has 0 unspecified atom stereocenters. The van der Waals surface area contributed by atoms with Gasteiger partial charge in [0, 0.05) is 45.5 Å². The minimum atomic E-state index is -3.06. The van der Waals surface area contributed by atoms with Gasteiger partial charge in [0.15, 0.2) is 0 Å². The van der Waals surface area contributed by atoms with Crippen LogP contribution in [0.25, 0.3) is 0 Å². The van der Waals surface area contributed by atoms with Gasteiger partial charge in [0.1, 0.15) is 0 Å². The lowest BCUT2D eigenvalue weighted by Gasteiger charge is -2.32. The van der Waals surface area contributed by atoms with E-state index in [0.29, 0.717) is 32.7 Å². The molecule has 1 aromatic rings. The second kappa shape index (κ2) is 5.95. The van der Waals surface area contributed by atoms with Crippen molar-refractivity contribution in [3.8, 4) is 0 Å². The number of piperazine rings is 1. The molecule has 2 heterocycles. The van der Waals surface area contributed by atoms with E-state index in [4.69, 9.17) is 5.73 Å². The Morgan fingerprint density at radius 3 is 2.58 bits per heavy atom. The zero-order valence-corrected chi connectivity index (χ0v) is 11.9. The molecule has 0 amide bonds. The number of rotatable bonds is 5. The molecule has 0 saturated carbocycles. The van der Waals surface area contributed by atoms with Gasteiger partial charge in [-0.25, -0.2) is 8.42 Å². The van der Waals surface area contributed by atoms with Gasteiger partial charge in [0.25, 0.3) is 0 Å². The zero-order valence-electron chi connectivity index (χ0n) is 11.1. The van der Waals surface area contributed by atoms with Gasteiger partial charge >= 0.3 is 0 Å². The monoisotopic (exact) mass is 288 g/mol. The first-order valence-corrected chi connectivity index (χ1v) is 8.10. The van der Waals surface area contributed by atoms with E-state index in [-0.39, 0.29) is 0 Å². The lowest BCUT2D eigenvalue weighted by molar-refractivity contribution is 0.180. The summed E-state index contributed by atoms with van der Waals surface area (Å²) in [4.78, 5) is 2.18. The van der Waals surface area contributed by atoms with E-state index in [1.54, 1.807) is 4.68 Å². The zero-order chi connectivity index (χ0) is 13.9. The van der Waals surface area contributed by atoms with Gasteiger partial charge in [-0.2, -0.15) is 4.31 Å². The number of hydrogen-bond acceptors (Lipinski definition) is 6. The van der Waals surface area contributed by atoms with Crippen LogP contribution in [0.3, 0.4) is 0 Å². The highest BCUT2D eigenvalue weighted by Gasteiger charge is 2.23. The van der Waals surface area contributed by atoms with Gasteiger partial charge in [0.2, 0.25) is 10.0 Å². The fraction of sp³-hybridized carbons (Fsp3) is 0.800. The second-order valence-corrected chi connectivity index (χ2v) is 6.68. The van der Waals surface area contributed by atoms with E-state index >= 15 is 0 Å². The van der Waals surface area contributed by atoms with E-state index in [1.165, 1.54) is 10.6 Å². The van der Waals surface area contributed by atoms with Crippen molar-refractivity contribution < 1.29 is 8.42 Å². The predicted molar refractivity (Wildman–Crippen MR) is 70.8 cm³/mol. The summed E-state index contributed by atoms with van der Waals surface area (Å²) in [5.41, 5.74) is 6.34. The Balaban J connectivity index is 1.85. The maximum atomic E-state index is 11.4. The van der Waals surface area contributed by atoms with Crippen molar-refractivity contribution in [1.82, 2.24) is 24.2 Å². The number of sulfonamides is 1. The van der Waals surface area contributed by atoms with E-state index in [1.807, 2.05) is 6.20 Å². The largest absolute Gasteiger partial charge is 0.329 e. The Kier molecular flexibility index (Phi) is 4.50. The molecule has 0 bridgehead atoms. The van der Waals surface area contributed by atoms with Gasteiger partial charge in [-0.3, -0.25) is 9.58 Å². The van der Waals surface area contributed by atoms with Crippen LogP contribution in [-0.4, -0.2) is 71.6 Å². The molecule has 1 fully saturated rings. The van der Waals surface area contributed by atoms with Crippen LogP contribution in [-0.2, 0) is 23.1 Å². The van der Waals surface area contributed by atoms with Crippen LogP contribution in [0, 0.1) is 0 Å². The molecule has 1 aliphatic heterocycles. The molecule has 2 rings (SSSR count). The fourth-order valence-electron chi connectivity index (χ4n) is 2.10. The molecular formula is C10H20N6O2S. The van der Waals surface area contributed by atoms with Crippen LogP contribution < -0.4 is 5.73 Å². The highest BCUT2D eigenvalue weighted by molar-refractivity contribution is 7.88. The molecule has 0 spiro atoms. The smallest absolute Gasteiger partial charge is 0.211 e. The summed E-state index contributed by atoms with van der Waals surface area (Å²) >= 11 is 0. The first-order valence-electron chi connectivity index (χ1n) is 6.25.